The van der Waals surface area contributed by atoms with Crippen molar-refractivity contribution in [2.45, 2.75) is 25.4 Å². The molecule has 1 atom stereocenters. The number of benzene rings is 1. The highest BCUT2D eigenvalue weighted by atomic mass is 32.2. The Bertz CT molecular complexity index is 498. The molecule has 1 aliphatic heterocycles. The normalized spacial score (nSPS) is 19.1. The van der Waals surface area contributed by atoms with Crippen molar-refractivity contribution in [1.29, 1.82) is 0 Å². The Kier molecular flexibility index (Phi) is 5.39. The van der Waals surface area contributed by atoms with Crippen LogP contribution in [0.4, 0.5) is 5.69 Å². The highest BCUT2D eigenvalue weighted by molar-refractivity contribution is 7.92. The van der Waals surface area contributed by atoms with E-state index in [1.165, 1.54) is 4.31 Å². The topological polar surface area (TPSA) is 72.6 Å². The maximum Gasteiger partial charge on any atom is 0.237 e. The third-order valence-corrected chi connectivity index (χ3v) is 5.22. The van der Waals surface area contributed by atoms with Crippen molar-refractivity contribution in [3.8, 4) is 0 Å². The molecule has 0 aromatic heterocycles. The summed E-state index contributed by atoms with van der Waals surface area (Å²) in [5.74, 6) is 0.0481. The Balaban J connectivity index is 2.16. The van der Waals surface area contributed by atoms with Gasteiger partial charge in [0.15, 0.2) is 0 Å². The van der Waals surface area contributed by atoms with E-state index in [1.807, 2.05) is 30.3 Å². The number of nitrogens with zero attached hydrogens (tertiary/aromatic N) is 1. The maximum atomic E-state index is 12.6. The first-order valence-corrected chi connectivity index (χ1v) is 8.61. The summed E-state index contributed by atoms with van der Waals surface area (Å²) in [6.07, 6.45) is 2.22. The van der Waals surface area contributed by atoms with E-state index in [4.69, 9.17) is 10.5 Å². The molecule has 1 saturated heterocycles. The predicted octanol–water partition coefficient (Wildman–Crippen LogP) is 1.35. The van der Waals surface area contributed by atoms with E-state index in [1.54, 1.807) is 0 Å². The zero-order chi connectivity index (χ0) is 14.4. The first kappa shape index (κ1) is 15.3. The van der Waals surface area contributed by atoms with Crippen LogP contribution in [0, 0.1) is 0 Å². The van der Waals surface area contributed by atoms with Crippen molar-refractivity contribution in [1.82, 2.24) is 0 Å². The summed E-state index contributed by atoms with van der Waals surface area (Å²) in [6, 6.07) is 9.17. The summed E-state index contributed by atoms with van der Waals surface area (Å²) in [5.41, 5.74) is 6.21. The van der Waals surface area contributed by atoms with Crippen LogP contribution in [0.2, 0.25) is 0 Å². The first-order chi connectivity index (χ1) is 9.63. The molecule has 2 N–H and O–H groups in total. The Morgan fingerprint density at radius 3 is 2.65 bits per heavy atom. The first-order valence-electron chi connectivity index (χ1n) is 7.00. The molecule has 2 rings (SSSR count). The van der Waals surface area contributed by atoms with E-state index in [2.05, 4.69) is 0 Å². The molecule has 1 aromatic rings. The van der Waals surface area contributed by atoms with Gasteiger partial charge in [0.25, 0.3) is 0 Å². The largest absolute Gasteiger partial charge is 0.377 e. The van der Waals surface area contributed by atoms with Gasteiger partial charge in [0.05, 0.1) is 17.5 Å². The number of para-hydroxylation sites is 1. The number of sulfonamides is 1. The van der Waals surface area contributed by atoms with E-state index in [9.17, 15) is 8.42 Å². The van der Waals surface area contributed by atoms with Gasteiger partial charge in [0.2, 0.25) is 10.0 Å². The van der Waals surface area contributed by atoms with Crippen molar-refractivity contribution in [2.75, 3.05) is 29.8 Å². The van der Waals surface area contributed by atoms with Gasteiger partial charge in [0, 0.05) is 13.2 Å². The summed E-state index contributed by atoms with van der Waals surface area (Å²) in [6.45, 7) is 1.54. The Hall–Kier alpha value is -1.11. The molecule has 0 radical (unpaired) electrons. The number of nitrogens with two attached hydrogens (primary N) is 1. The van der Waals surface area contributed by atoms with Crippen LogP contribution in [0.5, 0.6) is 0 Å². The molecular formula is C14H22N2O3S. The van der Waals surface area contributed by atoms with Gasteiger partial charge in [0.1, 0.15) is 0 Å². The average molecular weight is 298 g/mol. The zero-order valence-electron chi connectivity index (χ0n) is 11.6. The van der Waals surface area contributed by atoms with E-state index >= 15 is 0 Å². The van der Waals surface area contributed by atoms with Crippen molar-refractivity contribution in [3.05, 3.63) is 30.3 Å². The van der Waals surface area contributed by atoms with Crippen LogP contribution in [-0.4, -0.2) is 40.0 Å². The second-order valence-electron chi connectivity index (χ2n) is 4.96. The van der Waals surface area contributed by atoms with Crippen molar-refractivity contribution in [2.24, 2.45) is 5.73 Å². The molecule has 20 heavy (non-hydrogen) atoms. The van der Waals surface area contributed by atoms with E-state index < -0.39 is 10.0 Å². The SMILES string of the molecule is NCCCN(c1ccccc1)S(=O)(=O)CC1CCCO1. The van der Waals surface area contributed by atoms with Crippen LogP contribution in [0.3, 0.4) is 0 Å². The minimum atomic E-state index is -3.38. The molecule has 1 aromatic carbocycles. The summed E-state index contributed by atoms with van der Waals surface area (Å²) in [5, 5.41) is 0. The average Bonchev–Trinajstić information content (AvgIpc) is 2.92. The molecule has 5 nitrogen and oxygen atoms in total. The van der Waals surface area contributed by atoms with Crippen LogP contribution in [-0.2, 0) is 14.8 Å². The lowest BCUT2D eigenvalue weighted by atomic mass is 10.3. The van der Waals surface area contributed by atoms with Crippen LogP contribution in [0.25, 0.3) is 0 Å². The van der Waals surface area contributed by atoms with Crippen LogP contribution in [0.15, 0.2) is 30.3 Å². The van der Waals surface area contributed by atoms with Gasteiger partial charge in [-0.15, -0.1) is 0 Å². The van der Waals surface area contributed by atoms with Crippen molar-refractivity contribution in [3.63, 3.8) is 0 Å². The fraction of sp³-hybridized carbons (Fsp3) is 0.571. The second kappa shape index (κ2) is 7.06. The van der Waals surface area contributed by atoms with Gasteiger partial charge in [-0.3, -0.25) is 4.31 Å². The number of hydrogen-bond acceptors (Lipinski definition) is 4. The molecule has 0 spiro atoms. The van der Waals surface area contributed by atoms with Crippen LogP contribution in [0.1, 0.15) is 19.3 Å². The van der Waals surface area contributed by atoms with Gasteiger partial charge < -0.3 is 10.5 Å². The van der Waals surface area contributed by atoms with Gasteiger partial charge in [-0.2, -0.15) is 0 Å². The maximum absolute atomic E-state index is 12.6. The van der Waals surface area contributed by atoms with Gasteiger partial charge >= 0.3 is 0 Å². The quantitative estimate of drug-likeness (QED) is 0.825. The number of ether oxygens (including phenoxy) is 1. The monoisotopic (exact) mass is 298 g/mol. The minimum absolute atomic E-state index is 0.0481. The third kappa shape index (κ3) is 3.94. The smallest absolute Gasteiger partial charge is 0.237 e. The molecule has 1 heterocycles. The third-order valence-electron chi connectivity index (χ3n) is 3.37. The Morgan fingerprint density at radius 2 is 2.05 bits per heavy atom. The van der Waals surface area contributed by atoms with Crippen molar-refractivity contribution < 1.29 is 13.2 Å². The molecule has 1 aliphatic rings. The van der Waals surface area contributed by atoms with Crippen molar-refractivity contribution >= 4 is 15.7 Å². The number of hydrogen-bond donors (Lipinski definition) is 1. The lowest BCUT2D eigenvalue weighted by molar-refractivity contribution is 0.127. The Morgan fingerprint density at radius 1 is 1.30 bits per heavy atom. The zero-order valence-corrected chi connectivity index (χ0v) is 12.4. The van der Waals surface area contributed by atoms with Crippen LogP contribution >= 0.6 is 0 Å². The highest BCUT2D eigenvalue weighted by Crippen LogP contribution is 2.21. The highest BCUT2D eigenvalue weighted by Gasteiger charge is 2.28. The molecule has 0 amide bonds. The number of rotatable bonds is 7. The fourth-order valence-electron chi connectivity index (χ4n) is 2.36. The molecule has 0 bridgehead atoms. The van der Waals surface area contributed by atoms with Gasteiger partial charge in [-0.25, -0.2) is 8.42 Å². The number of anilines is 1. The summed E-state index contributed by atoms with van der Waals surface area (Å²) >= 11 is 0. The summed E-state index contributed by atoms with van der Waals surface area (Å²) < 4.78 is 32.1. The predicted molar refractivity (Wildman–Crippen MR) is 80.2 cm³/mol. The second-order valence-corrected chi connectivity index (χ2v) is 6.90. The van der Waals surface area contributed by atoms with Gasteiger partial charge in [-0.1, -0.05) is 18.2 Å². The molecule has 6 heteroatoms. The molecule has 1 unspecified atom stereocenters. The van der Waals surface area contributed by atoms with E-state index in [-0.39, 0.29) is 11.9 Å². The molecule has 112 valence electrons. The molecule has 1 fully saturated rings. The standard InChI is InChI=1S/C14H22N2O3S/c15-9-5-10-16(13-6-2-1-3-7-13)20(17,18)12-14-8-4-11-19-14/h1-3,6-7,14H,4-5,8-12,15H2. The molecule has 0 aliphatic carbocycles. The lowest BCUT2D eigenvalue weighted by Gasteiger charge is -2.25. The molecular weight excluding hydrogens is 276 g/mol. The molecule has 0 saturated carbocycles. The van der Waals surface area contributed by atoms with Crippen LogP contribution < -0.4 is 10.0 Å². The van der Waals surface area contributed by atoms with E-state index in [0.717, 1.165) is 12.8 Å². The van der Waals surface area contributed by atoms with Gasteiger partial charge in [-0.05, 0) is 37.9 Å². The summed E-state index contributed by atoms with van der Waals surface area (Å²) in [7, 11) is -3.38. The Labute approximate surface area is 120 Å². The lowest BCUT2D eigenvalue weighted by Crippen LogP contribution is -2.38. The van der Waals surface area contributed by atoms with E-state index in [0.29, 0.717) is 31.8 Å². The summed E-state index contributed by atoms with van der Waals surface area (Å²) in [4.78, 5) is 0. The minimum Gasteiger partial charge on any atom is -0.377 e. The fourth-order valence-corrected chi connectivity index (χ4v) is 4.12.